The van der Waals surface area contributed by atoms with Gasteiger partial charge in [-0.25, -0.2) is 9.38 Å². The van der Waals surface area contributed by atoms with E-state index in [1.54, 1.807) is 37.3 Å². The van der Waals surface area contributed by atoms with Gasteiger partial charge >= 0.3 is 0 Å². The highest BCUT2D eigenvalue weighted by Gasteiger charge is 2.26. The SMILES string of the molecule is COc1cccc(NC(=O)c2c(C(=O)Nc3cccc(C)c3C)sc3nc(C)cc(=O)n23)c1. The van der Waals surface area contributed by atoms with Crippen LogP contribution in [0.1, 0.15) is 37.0 Å². The van der Waals surface area contributed by atoms with Crippen LogP contribution in [0.3, 0.4) is 0 Å². The number of fused-ring (bicyclic) bond motifs is 1. The van der Waals surface area contributed by atoms with Gasteiger partial charge in [-0.3, -0.25) is 14.4 Å². The number of nitrogens with one attached hydrogen (secondary N) is 2. The van der Waals surface area contributed by atoms with Crippen molar-refractivity contribution in [3.05, 3.63) is 86.3 Å². The summed E-state index contributed by atoms with van der Waals surface area (Å²) in [4.78, 5) is 44.1. The monoisotopic (exact) mass is 462 g/mol. The summed E-state index contributed by atoms with van der Waals surface area (Å²) < 4.78 is 6.37. The zero-order chi connectivity index (χ0) is 23.7. The smallest absolute Gasteiger partial charge is 0.274 e. The molecule has 0 spiro atoms. The van der Waals surface area contributed by atoms with Gasteiger partial charge in [0.05, 0.1) is 7.11 Å². The van der Waals surface area contributed by atoms with E-state index in [-0.39, 0.29) is 15.5 Å². The maximum atomic E-state index is 13.3. The van der Waals surface area contributed by atoms with Gasteiger partial charge < -0.3 is 15.4 Å². The minimum absolute atomic E-state index is 0.0712. The molecule has 0 saturated heterocycles. The Morgan fingerprint density at radius 1 is 1.00 bits per heavy atom. The molecule has 0 saturated carbocycles. The predicted octanol–water partition coefficient (Wildman–Crippen LogP) is 4.19. The average Bonchev–Trinajstić information content (AvgIpc) is 3.17. The first-order valence-electron chi connectivity index (χ1n) is 10.1. The Kier molecular flexibility index (Phi) is 5.97. The van der Waals surface area contributed by atoms with E-state index in [4.69, 9.17) is 4.74 Å². The van der Waals surface area contributed by atoms with Gasteiger partial charge in [0.1, 0.15) is 16.3 Å². The topological polar surface area (TPSA) is 102 Å². The van der Waals surface area contributed by atoms with Crippen LogP contribution in [0.5, 0.6) is 5.75 Å². The molecule has 0 fully saturated rings. The van der Waals surface area contributed by atoms with Crippen molar-refractivity contribution in [3.63, 3.8) is 0 Å². The first kappa shape index (κ1) is 22.2. The third-order valence-corrected chi connectivity index (χ3v) is 6.29. The molecule has 2 amide bonds. The molecule has 2 aromatic heterocycles. The van der Waals surface area contributed by atoms with Crippen LogP contribution in [0, 0.1) is 20.8 Å². The van der Waals surface area contributed by atoms with Crippen LogP contribution < -0.4 is 20.9 Å². The number of hydrogen-bond acceptors (Lipinski definition) is 6. The van der Waals surface area contributed by atoms with Gasteiger partial charge in [-0.05, 0) is 50.1 Å². The summed E-state index contributed by atoms with van der Waals surface area (Å²) in [5.41, 5.74) is 3.03. The molecule has 8 nitrogen and oxygen atoms in total. The fourth-order valence-electron chi connectivity index (χ4n) is 3.40. The molecule has 33 heavy (non-hydrogen) atoms. The molecule has 0 aliphatic rings. The van der Waals surface area contributed by atoms with Gasteiger partial charge in [0.15, 0.2) is 4.96 Å². The maximum absolute atomic E-state index is 13.3. The Morgan fingerprint density at radius 3 is 2.52 bits per heavy atom. The minimum atomic E-state index is -0.603. The molecular formula is C24H22N4O4S. The quantitative estimate of drug-likeness (QED) is 0.463. The molecule has 4 rings (SSSR count). The van der Waals surface area contributed by atoms with E-state index in [0.717, 1.165) is 22.5 Å². The maximum Gasteiger partial charge on any atom is 0.274 e. The number of nitrogens with zero attached hydrogens (tertiary/aromatic N) is 2. The van der Waals surface area contributed by atoms with E-state index in [1.165, 1.54) is 17.6 Å². The zero-order valence-electron chi connectivity index (χ0n) is 18.6. The average molecular weight is 463 g/mol. The molecule has 0 aliphatic carbocycles. The Labute approximate surface area is 193 Å². The highest BCUT2D eigenvalue weighted by atomic mass is 32.1. The van der Waals surface area contributed by atoms with Crippen LogP contribution in [-0.2, 0) is 0 Å². The number of amides is 2. The van der Waals surface area contributed by atoms with Gasteiger partial charge in [-0.15, -0.1) is 0 Å². The third kappa shape index (κ3) is 4.35. The summed E-state index contributed by atoms with van der Waals surface area (Å²) >= 11 is 0.990. The van der Waals surface area contributed by atoms with Crippen molar-refractivity contribution in [1.29, 1.82) is 0 Å². The third-order valence-electron chi connectivity index (χ3n) is 5.25. The van der Waals surface area contributed by atoms with Crippen molar-refractivity contribution in [2.45, 2.75) is 20.8 Å². The Balaban J connectivity index is 1.80. The first-order chi connectivity index (χ1) is 15.8. The number of carbonyl (C=O) groups is 2. The number of methoxy groups -OCH3 is 1. The molecule has 2 aromatic carbocycles. The number of carbonyl (C=O) groups excluding carboxylic acids is 2. The van der Waals surface area contributed by atoms with Crippen LogP contribution in [0.2, 0.25) is 0 Å². The molecule has 4 aromatic rings. The second-order valence-electron chi connectivity index (χ2n) is 7.52. The van der Waals surface area contributed by atoms with Crippen LogP contribution in [0.4, 0.5) is 11.4 Å². The molecule has 0 radical (unpaired) electrons. The number of anilines is 2. The van der Waals surface area contributed by atoms with Crippen molar-refractivity contribution < 1.29 is 14.3 Å². The second kappa shape index (κ2) is 8.87. The summed E-state index contributed by atoms with van der Waals surface area (Å²) in [5, 5.41) is 5.62. The molecule has 2 N–H and O–H groups in total. The van der Waals surface area contributed by atoms with Gasteiger partial charge in [-0.1, -0.05) is 29.5 Å². The number of aromatic nitrogens is 2. The molecule has 168 valence electrons. The second-order valence-corrected chi connectivity index (χ2v) is 8.50. The van der Waals surface area contributed by atoms with E-state index in [0.29, 0.717) is 22.8 Å². The van der Waals surface area contributed by atoms with Crippen LogP contribution >= 0.6 is 11.3 Å². The molecule has 0 aliphatic heterocycles. The Morgan fingerprint density at radius 2 is 1.76 bits per heavy atom. The van der Waals surface area contributed by atoms with E-state index in [1.807, 2.05) is 26.0 Å². The normalized spacial score (nSPS) is 10.8. The predicted molar refractivity (Wildman–Crippen MR) is 129 cm³/mol. The fourth-order valence-corrected chi connectivity index (χ4v) is 4.47. The van der Waals surface area contributed by atoms with Gasteiger partial charge in [-0.2, -0.15) is 0 Å². The molecule has 0 bridgehead atoms. The number of aryl methyl sites for hydroxylation is 2. The summed E-state index contributed by atoms with van der Waals surface area (Å²) in [6.07, 6.45) is 0. The van der Waals surface area contributed by atoms with Crippen molar-refractivity contribution in [3.8, 4) is 5.75 Å². The zero-order valence-corrected chi connectivity index (χ0v) is 19.4. The van der Waals surface area contributed by atoms with Crippen molar-refractivity contribution >= 4 is 39.5 Å². The first-order valence-corrected chi connectivity index (χ1v) is 11.0. The Hall–Kier alpha value is -3.98. The summed E-state index contributed by atoms with van der Waals surface area (Å²) in [5.74, 6) is -0.536. The number of rotatable bonds is 5. The minimum Gasteiger partial charge on any atom is -0.497 e. The number of benzene rings is 2. The highest BCUT2D eigenvalue weighted by Crippen LogP contribution is 2.26. The van der Waals surface area contributed by atoms with Crippen molar-refractivity contribution in [2.75, 3.05) is 17.7 Å². The lowest BCUT2D eigenvalue weighted by molar-refractivity contribution is 0.0989. The van der Waals surface area contributed by atoms with Gasteiger partial charge in [0.25, 0.3) is 17.4 Å². The molecule has 9 heteroatoms. The van der Waals surface area contributed by atoms with Crippen LogP contribution in [-0.4, -0.2) is 28.3 Å². The largest absolute Gasteiger partial charge is 0.497 e. The van der Waals surface area contributed by atoms with Crippen molar-refractivity contribution in [1.82, 2.24) is 9.38 Å². The molecular weight excluding hydrogens is 440 g/mol. The van der Waals surface area contributed by atoms with Gasteiger partial charge in [0.2, 0.25) is 0 Å². The van der Waals surface area contributed by atoms with Crippen molar-refractivity contribution in [2.24, 2.45) is 0 Å². The highest BCUT2D eigenvalue weighted by molar-refractivity contribution is 7.19. The number of ether oxygens (including phenoxy) is 1. The van der Waals surface area contributed by atoms with E-state index >= 15 is 0 Å². The summed E-state index contributed by atoms with van der Waals surface area (Å²) in [7, 11) is 1.52. The van der Waals surface area contributed by atoms with Gasteiger partial charge in [0, 0.05) is 29.2 Å². The lowest BCUT2D eigenvalue weighted by atomic mass is 10.1. The lowest BCUT2D eigenvalue weighted by Crippen LogP contribution is -2.25. The van der Waals surface area contributed by atoms with Crippen LogP contribution in [0.15, 0.2) is 53.3 Å². The van der Waals surface area contributed by atoms with E-state index < -0.39 is 17.4 Å². The lowest BCUT2D eigenvalue weighted by Gasteiger charge is -2.11. The molecule has 0 atom stereocenters. The summed E-state index contributed by atoms with van der Waals surface area (Å²) in [6, 6.07) is 13.7. The number of thiazole rings is 1. The molecule has 0 unspecified atom stereocenters. The van der Waals surface area contributed by atoms with E-state index in [2.05, 4.69) is 15.6 Å². The fraction of sp³-hybridized carbons (Fsp3) is 0.167. The Bertz CT molecular complexity index is 1450. The molecule has 2 heterocycles. The summed E-state index contributed by atoms with van der Waals surface area (Å²) in [6.45, 7) is 5.54. The van der Waals surface area contributed by atoms with Crippen LogP contribution in [0.25, 0.3) is 4.96 Å². The van der Waals surface area contributed by atoms with E-state index in [9.17, 15) is 14.4 Å². The number of hydrogen-bond donors (Lipinski definition) is 2. The standard InChI is InChI=1S/C24H22N4O4S/c1-13-7-5-10-18(15(13)3)27-23(31)21-20(28-19(29)11-14(2)25-24(28)33-21)22(30)26-16-8-6-9-17(12-16)32-4/h5-12H,1-4H3,(H,26,30)(H,27,31).